The first-order chi connectivity index (χ1) is 7.83. The summed E-state index contributed by atoms with van der Waals surface area (Å²) in [4.78, 5) is 18.6. The number of furan rings is 1. The van der Waals surface area contributed by atoms with Crippen molar-refractivity contribution in [2.75, 3.05) is 10.6 Å². The number of amides is 1. The van der Waals surface area contributed by atoms with Gasteiger partial charge in [-0.2, -0.15) is 0 Å². The molecule has 16 heavy (non-hydrogen) atoms. The summed E-state index contributed by atoms with van der Waals surface area (Å²) in [5, 5.41) is 5.88. The molecule has 0 aliphatic carbocycles. The predicted molar refractivity (Wildman–Crippen MR) is 57.0 cm³/mol. The minimum atomic E-state index is -0.300. The van der Waals surface area contributed by atoms with Crippen LogP contribution in [0.15, 0.2) is 29.5 Å². The highest BCUT2D eigenvalue weighted by Gasteiger charge is 2.26. The predicted octanol–water partition coefficient (Wildman–Crippen LogP) is 0.978. The van der Waals surface area contributed by atoms with Crippen LogP contribution in [-0.2, 0) is 11.2 Å². The van der Waals surface area contributed by atoms with E-state index in [1.807, 2.05) is 0 Å². The van der Waals surface area contributed by atoms with Gasteiger partial charge in [-0.3, -0.25) is 4.79 Å². The molecule has 3 rings (SSSR count). The Kier molecular flexibility index (Phi) is 1.92. The molecule has 1 aliphatic rings. The average molecular weight is 218 g/mol. The Bertz CT molecular complexity index is 503. The van der Waals surface area contributed by atoms with E-state index in [-0.39, 0.29) is 11.9 Å². The minimum absolute atomic E-state index is 0.0662. The van der Waals surface area contributed by atoms with Crippen LogP contribution in [0.1, 0.15) is 5.69 Å². The Morgan fingerprint density at radius 2 is 2.25 bits per heavy atom. The zero-order chi connectivity index (χ0) is 11.0. The van der Waals surface area contributed by atoms with Crippen LogP contribution in [0.25, 0.3) is 0 Å². The molecule has 2 aromatic heterocycles. The molecule has 1 aliphatic heterocycles. The number of anilines is 2. The van der Waals surface area contributed by atoms with E-state index >= 15 is 0 Å². The van der Waals surface area contributed by atoms with E-state index in [1.165, 1.54) is 6.26 Å². The fraction of sp³-hybridized carbons (Fsp3) is 0.200. The molecule has 6 nitrogen and oxygen atoms in total. The average Bonchev–Trinajstić information content (AvgIpc) is 2.89. The summed E-state index contributed by atoms with van der Waals surface area (Å²) < 4.78 is 5.00. The van der Waals surface area contributed by atoms with Gasteiger partial charge in [-0.1, -0.05) is 0 Å². The van der Waals surface area contributed by atoms with Gasteiger partial charge in [0.05, 0.1) is 12.0 Å². The normalized spacial score (nSPS) is 18.8. The minimum Gasteiger partial charge on any atom is -0.468 e. The van der Waals surface area contributed by atoms with E-state index in [0.717, 1.165) is 11.4 Å². The number of fused-ring (bicyclic) bond motifs is 1. The molecule has 1 atom stereocenters. The number of imidazole rings is 1. The first kappa shape index (κ1) is 9.02. The highest BCUT2D eigenvalue weighted by molar-refractivity contribution is 6.02. The van der Waals surface area contributed by atoms with Crippen molar-refractivity contribution in [2.24, 2.45) is 0 Å². The van der Waals surface area contributed by atoms with Crippen LogP contribution < -0.4 is 10.6 Å². The number of carbonyl (C=O) groups is 1. The van der Waals surface area contributed by atoms with Crippen LogP contribution in [0.2, 0.25) is 0 Å². The summed E-state index contributed by atoms with van der Waals surface area (Å²) in [6, 6.07) is -0.300. The fourth-order valence-electron chi connectivity index (χ4n) is 1.74. The maximum Gasteiger partial charge on any atom is 0.247 e. The van der Waals surface area contributed by atoms with Gasteiger partial charge >= 0.3 is 0 Å². The summed E-state index contributed by atoms with van der Waals surface area (Å²) in [5.41, 5.74) is 2.41. The highest BCUT2D eigenvalue weighted by Crippen LogP contribution is 2.28. The van der Waals surface area contributed by atoms with Gasteiger partial charge in [-0.15, -0.1) is 0 Å². The van der Waals surface area contributed by atoms with Crippen molar-refractivity contribution >= 4 is 17.3 Å². The third-order valence-electron chi connectivity index (χ3n) is 2.54. The molecule has 0 fully saturated rings. The van der Waals surface area contributed by atoms with Crippen LogP contribution in [0, 0.1) is 0 Å². The number of nitrogens with one attached hydrogen (secondary N) is 3. The van der Waals surface area contributed by atoms with Crippen LogP contribution >= 0.6 is 0 Å². The molecule has 0 aromatic carbocycles. The van der Waals surface area contributed by atoms with Gasteiger partial charge in [0.1, 0.15) is 24.3 Å². The highest BCUT2D eigenvalue weighted by atomic mass is 16.3. The van der Waals surface area contributed by atoms with Gasteiger partial charge in [0.15, 0.2) is 0 Å². The second kappa shape index (κ2) is 3.41. The van der Waals surface area contributed by atoms with Crippen molar-refractivity contribution in [3.05, 3.63) is 30.7 Å². The number of rotatable bonds is 2. The summed E-state index contributed by atoms with van der Waals surface area (Å²) >= 11 is 0. The Balaban J connectivity index is 1.80. The van der Waals surface area contributed by atoms with Crippen molar-refractivity contribution in [3.63, 3.8) is 0 Å². The number of hydrogen-bond donors (Lipinski definition) is 3. The number of aromatic amines is 1. The molecule has 6 heteroatoms. The smallest absolute Gasteiger partial charge is 0.247 e. The molecule has 0 spiro atoms. The summed E-state index contributed by atoms with van der Waals surface area (Å²) in [5.74, 6) is -0.0662. The van der Waals surface area contributed by atoms with Gasteiger partial charge in [-0.25, -0.2) is 4.98 Å². The lowest BCUT2D eigenvalue weighted by Crippen LogP contribution is -2.39. The third kappa shape index (κ3) is 1.44. The number of aromatic nitrogens is 2. The number of hydrogen-bond acceptors (Lipinski definition) is 4. The quantitative estimate of drug-likeness (QED) is 0.701. The van der Waals surface area contributed by atoms with Crippen LogP contribution in [0.4, 0.5) is 11.4 Å². The van der Waals surface area contributed by atoms with E-state index in [1.54, 1.807) is 18.8 Å². The molecule has 0 unspecified atom stereocenters. The van der Waals surface area contributed by atoms with Crippen LogP contribution in [0.5, 0.6) is 0 Å². The topological polar surface area (TPSA) is 82.9 Å². The van der Waals surface area contributed by atoms with E-state index < -0.39 is 0 Å². The number of carbonyl (C=O) groups excluding carboxylic acids is 1. The van der Waals surface area contributed by atoms with Crippen molar-refractivity contribution < 1.29 is 9.21 Å². The number of nitrogens with zero attached hydrogens (tertiary/aromatic N) is 1. The van der Waals surface area contributed by atoms with Crippen molar-refractivity contribution in [3.8, 4) is 0 Å². The monoisotopic (exact) mass is 218 g/mol. The number of H-pyrrole nitrogens is 1. The van der Waals surface area contributed by atoms with Gasteiger partial charge in [0, 0.05) is 18.3 Å². The van der Waals surface area contributed by atoms with Gasteiger partial charge in [-0.05, 0) is 0 Å². The molecule has 3 heterocycles. The van der Waals surface area contributed by atoms with E-state index in [0.29, 0.717) is 12.1 Å². The molecule has 82 valence electrons. The largest absolute Gasteiger partial charge is 0.468 e. The van der Waals surface area contributed by atoms with E-state index in [9.17, 15) is 4.79 Å². The standard InChI is InChI=1S/C10H10N4O2/c15-10-7(1-6-2-11-5-12-6)13-8-3-16-4-9(8)14-10/h2-5,7,13H,1H2,(H,11,12)(H,14,15)/t7-/m0/s1. The van der Waals surface area contributed by atoms with Crippen LogP contribution in [0.3, 0.4) is 0 Å². The zero-order valence-electron chi connectivity index (χ0n) is 8.36. The van der Waals surface area contributed by atoms with Crippen molar-refractivity contribution in [1.82, 2.24) is 9.97 Å². The van der Waals surface area contributed by atoms with Crippen LogP contribution in [-0.4, -0.2) is 21.9 Å². The Hall–Kier alpha value is -2.24. The molecule has 0 saturated heterocycles. The maximum atomic E-state index is 11.7. The molecule has 1 amide bonds. The first-order valence-electron chi connectivity index (χ1n) is 4.94. The molecular formula is C10H10N4O2. The van der Waals surface area contributed by atoms with Gasteiger partial charge in [0.2, 0.25) is 5.91 Å². The summed E-state index contributed by atoms with van der Waals surface area (Å²) in [6.07, 6.45) is 6.96. The van der Waals surface area contributed by atoms with E-state index in [4.69, 9.17) is 4.42 Å². The molecule has 2 aromatic rings. The second-order valence-corrected chi connectivity index (χ2v) is 3.67. The van der Waals surface area contributed by atoms with E-state index in [2.05, 4.69) is 20.6 Å². The van der Waals surface area contributed by atoms with Gasteiger partial charge in [0.25, 0.3) is 0 Å². The third-order valence-corrected chi connectivity index (χ3v) is 2.54. The Morgan fingerprint density at radius 3 is 3.06 bits per heavy atom. The van der Waals surface area contributed by atoms with Crippen molar-refractivity contribution in [2.45, 2.75) is 12.5 Å². The van der Waals surface area contributed by atoms with Crippen molar-refractivity contribution in [1.29, 1.82) is 0 Å². The maximum absolute atomic E-state index is 11.7. The zero-order valence-corrected chi connectivity index (χ0v) is 8.36. The Morgan fingerprint density at radius 1 is 1.38 bits per heavy atom. The summed E-state index contributed by atoms with van der Waals surface area (Å²) in [6.45, 7) is 0. The summed E-state index contributed by atoms with van der Waals surface area (Å²) in [7, 11) is 0. The molecule has 3 N–H and O–H groups in total. The Labute approximate surface area is 91.1 Å². The molecular weight excluding hydrogens is 208 g/mol. The lowest BCUT2D eigenvalue weighted by atomic mass is 10.1. The molecule has 0 saturated carbocycles. The molecule has 0 bridgehead atoms. The SMILES string of the molecule is O=C1Nc2cocc2N[C@H]1Cc1cnc[nH]1. The lowest BCUT2D eigenvalue weighted by molar-refractivity contribution is -0.117. The lowest BCUT2D eigenvalue weighted by Gasteiger charge is -2.23. The fourth-order valence-corrected chi connectivity index (χ4v) is 1.74. The molecule has 0 radical (unpaired) electrons. The van der Waals surface area contributed by atoms with Gasteiger partial charge < -0.3 is 20.0 Å². The first-order valence-corrected chi connectivity index (χ1v) is 4.94. The second-order valence-electron chi connectivity index (χ2n) is 3.67.